The molecular weight excluding hydrogens is 735 g/mol. The number of aromatic nitrogens is 3. The van der Waals surface area contributed by atoms with Crippen molar-refractivity contribution in [3.63, 3.8) is 0 Å². The Hall–Kier alpha value is -5.30. The minimum absolute atomic E-state index is 0.0239. The summed E-state index contributed by atoms with van der Waals surface area (Å²) in [4.78, 5) is 31.7. The molecule has 4 aromatic carbocycles. The molecule has 0 aliphatic carbocycles. The van der Waals surface area contributed by atoms with Gasteiger partial charge in [-0.2, -0.15) is 0 Å². The number of fused-ring (bicyclic) bond motifs is 2. The molecule has 4 heterocycles. The fraction of sp³-hybridized carbons (Fsp3) is 0.378. The lowest BCUT2D eigenvalue weighted by Gasteiger charge is -2.37. The predicted octanol–water partition coefficient (Wildman–Crippen LogP) is 6.40. The Labute approximate surface area is 335 Å². The number of rotatable bonds is 13. The first-order chi connectivity index (χ1) is 27.6. The largest absolute Gasteiger partial charge is 0.497 e. The number of hydrogen-bond acceptors (Lipinski definition) is 8. The summed E-state index contributed by atoms with van der Waals surface area (Å²) in [6, 6.07) is 32.0. The molecule has 1 unspecified atom stereocenters. The van der Waals surface area contributed by atoms with Crippen molar-refractivity contribution < 1.29 is 28.9 Å². The summed E-state index contributed by atoms with van der Waals surface area (Å²) in [6.07, 6.45) is 3.60. The van der Waals surface area contributed by atoms with Crippen LogP contribution in [0.3, 0.4) is 0 Å². The second kappa shape index (κ2) is 15.6. The summed E-state index contributed by atoms with van der Waals surface area (Å²) in [7, 11) is 0.918. The highest BCUT2D eigenvalue weighted by Crippen LogP contribution is 2.60. The fourth-order valence-electron chi connectivity index (χ4n) is 9.67. The number of methoxy groups -OCH3 is 2. The van der Waals surface area contributed by atoms with Crippen molar-refractivity contribution in [3.05, 3.63) is 126 Å². The molecule has 2 fully saturated rings. The summed E-state index contributed by atoms with van der Waals surface area (Å²) >= 11 is 0. The van der Waals surface area contributed by atoms with Crippen molar-refractivity contribution in [2.45, 2.75) is 75.5 Å². The van der Waals surface area contributed by atoms with Crippen LogP contribution in [0.25, 0.3) is 0 Å². The van der Waals surface area contributed by atoms with Gasteiger partial charge in [-0.15, -0.1) is 5.10 Å². The number of amides is 2. The van der Waals surface area contributed by atoms with Crippen LogP contribution < -0.4 is 24.5 Å². The Morgan fingerprint density at radius 1 is 0.947 bits per heavy atom. The Morgan fingerprint density at radius 3 is 2.40 bits per heavy atom. The number of nitrogens with zero attached hydrogens (tertiary/aromatic N) is 5. The number of hydrogen-bond donors (Lipinski definition) is 1. The molecule has 12 heteroatoms. The molecule has 5 atom stereocenters. The van der Waals surface area contributed by atoms with E-state index in [0.29, 0.717) is 43.9 Å². The third-order valence-corrected chi connectivity index (χ3v) is 17.0. The van der Waals surface area contributed by atoms with Gasteiger partial charge in [0.05, 0.1) is 58.8 Å². The number of anilines is 2. The quantitative estimate of drug-likeness (QED) is 0.136. The van der Waals surface area contributed by atoms with Gasteiger partial charge in [0.25, 0.3) is 5.91 Å². The van der Waals surface area contributed by atoms with Crippen LogP contribution in [-0.4, -0.2) is 73.5 Å². The molecule has 0 saturated carbocycles. The maximum Gasteiger partial charge on any atom is 0.264 e. The molecule has 2 saturated heterocycles. The van der Waals surface area contributed by atoms with Gasteiger partial charge >= 0.3 is 0 Å². The highest BCUT2D eigenvalue weighted by molar-refractivity contribution is 6.91. The molecule has 3 aliphatic heterocycles. The van der Waals surface area contributed by atoms with Crippen molar-refractivity contribution in [2.75, 3.05) is 37.2 Å². The van der Waals surface area contributed by atoms with Gasteiger partial charge in [0.1, 0.15) is 11.5 Å². The van der Waals surface area contributed by atoms with E-state index in [0.717, 1.165) is 40.2 Å². The van der Waals surface area contributed by atoms with E-state index < -0.39 is 13.7 Å². The number of aliphatic hydroxyl groups excluding tert-OH is 1. The number of carbonyl (C=O) groups is 2. The third-order valence-electron chi connectivity index (χ3n) is 12.6. The van der Waals surface area contributed by atoms with Gasteiger partial charge in [-0.05, 0) is 72.0 Å². The zero-order chi connectivity index (χ0) is 39.9. The highest BCUT2D eigenvalue weighted by atomic mass is 28.3. The van der Waals surface area contributed by atoms with Crippen LogP contribution in [0.2, 0.25) is 18.6 Å². The van der Waals surface area contributed by atoms with E-state index in [4.69, 9.17) is 14.2 Å². The predicted molar refractivity (Wildman–Crippen MR) is 222 cm³/mol. The van der Waals surface area contributed by atoms with E-state index in [2.05, 4.69) is 42.5 Å². The van der Waals surface area contributed by atoms with Crippen molar-refractivity contribution >= 4 is 36.4 Å². The van der Waals surface area contributed by atoms with Crippen molar-refractivity contribution in [1.29, 1.82) is 0 Å². The monoisotopic (exact) mass is 785 g/mol. The van der Waals surface area contributed by atoms with Crippen LogP contribution >= 0.6 is 0 Å². The maximum absolute atomic E-state index is 15.4. The van der Waals surface area contributed by atoms with E-state index >= 15 is 4.79 Å². The maximum atomic E-state index is 15.4. The second-order valence-corrected chi connectivity index (χ2v) is 20.8. The van der Waals surface area contributed by atoms with E-state index in [1.165, 1.54) is 5.19 Å². The normalized spacial score (nSPS) is 22.4. The molecule has 0 radical (unpaired) electrons. The van der Waals surface area contributed by atoms with Gasteiger partial charge in [0.15, 0.2) is 5.60 Å². The van der Waals surface area contributed by atoms with Gasteiger partial charge in [-0.3, -0.25) is 14.3 Å². The first kappa shape index (κ1) is 38.6. The zero-order valence-electron chi connectivity index (χ0n) is 33.3. The van der Waals surface area contributed by atoms with Gasteiger partial charge in [-0.1, -0.05) is 85.0 Å². The van der Waals surface area contributed by atoms with Crippen LogP contribution in [0.15, 0.2) is 103 Å². The lowest BCUT2D eigenvalue weighted by Crippen LogP contribution is -2.51. The summed E-state index contributed by atoms with van der Waals surface area (Å²) in [5.74, 6) is 1.00. The number of aliphatic hydroxyl groups is 1. The molecule has 0 bridgehead atoms. The average molecular weight is 786 g/mol. The standard InChI is InChI=1S/C45H51N5O6Si/c1-30-43(57(4,5)36-19-16-34(54-2)17-20-36)41(22-24-48-28-39(46-47-48)37(29-51)32-12-7-6-8-13-32)56-45(30)38-26-35(55-3)18-21-40(38)50(44(45)53)27-31-11-9-14-33(25-31)49-23-10-15-42(49)52/h6-9,11-14,16-21,25-26,28,30,37,41,43,51H,10,15,22-24,27,29H2,1-5H3/t30-,37?,41+,43-,45+/m1/s1. The lowest BCUT2D eigenvalue weighted by atomic mass is 9.82. The highest BCUT2D eigenvalue weighted by Gasteiger charge is 2.66. The SMILES string of the molecule is COc1ccc([Si](C)(C)[C@H]2[C@H](CCn3cc(C(CO)c4ccccc4)nn3)O[C@@]3(C(=O)N(Cc4cccc(N5CCCC5=O)c4)c4ccc(OC)cc43)[C@@H]2C)cc1. The second-order valence-electron chi connectivity index (χ2n) is 16.1. The van der Waals surface area contributed by atoms with E-state index in [1.807, 2.05) is 106 Å². The molecule has 1 N–H and O–H groups in total. The van der Waals surface area contributed by atoms with E-state index in [9.17, 15) is 9.90 Å². The smallest absolute Gasteiger partial charge is 0.264 e. The molecule has 8 rings (SSSR count). The van der Waals surface area contributed by atoms with Crippen LogP contribution in [0.1, 0.15) is 54.5 Å². The van der Waals surface area contributed by atoms with E-state index in [1.54, 1.807) is 14.2 Å². The summed E-state index contributed by atoms with van der Waals surface area (Å²) in [6.45, 7) is 8.40. The first-order valence-corrected chi connectivity index (χ1v) is 22.9. The van der Waals surface area contributed by atoms with Gasteiger partial charge in [0.2, 0.25) is 5.91 Å². The minimum atomic E-state index is -2.40. The summed E-state index contributed by atoms with van der Waals surface area (Å²) in [5.41, 5.74) is 3.84. The Bertz CT molecular complexity index is 2250. The topological polar surface area (TPSA) is 119 Å². The van der Waals surface area contributed by atoms with Crippen LogP contribution in [0.4, 0.5) is 11.4 Å². The molecule has 296 valence electrons. The molecule has 3 aliphatic rings. The number of aryl methyl sites for hydroxylation is 1. The first-order valence-electron chi connectivity index (χ1n) is 19.9. The van der Waals surface area contributed by atoms with Crippen molar-refractivity contribution in [2.24, 2.45) is 5.92 Å². The van der Waals surface area contributed by atoms with Gasteiger partial charge < -0.3 is 29.1 Å². The van der Waals surface area contributed by atoms with Crippen molar-refractivity contribution in [1.82, 2.24) is 15.0 Å². The molecule has 57 heavy (non-hydrogen) atoms. The Kier molecular flexibility index (Phi) is 10.5. The zero-order valence-corrected chi connectivity index (χ0v) is 34.3. The summed E-state index contributed by atoms with van der Waals surface area (Å²) in [5, 5.41) is 20.6. The molecule has 5 aromatic rings. The molecule has 11 nitrogen and oxygen atoms in total. The van der Waals surface area contributed by atoms with Crippen LogP contribution in [0, 0.1) is 5.92 Å². The van der Waals surface area contributed by atoms with Gasteiger partial charge in [-0.25, -0.2) is 0 Å². The number of benzene rings is 4. The fourth-order valence-corrected chi connectivity index (χ4v) is 13.7. The summed E-state index contributed by atoms with van der Waals surface area (Å²) < 4.78 is 20.5. The van der Waals surface area contributed by atoms with Crippen molar-refractivity contribution in [3.8, 4) is 11.5 Å². The van der Waals surface area contributed by atoms with Gasteiger partial charge in [0, 0.05) is 42.9 Å². The molecule has 2 amide bonds. The number of carbonyl (C=O) groups excluding carboxylic acids is 2. The number of ether oxygens (including phenoxy) is 3. The van der Waals surface area contributed by atoms with Crippen LogP contribution in [0.5, 0.6) is 11.5 Å². The molecule has 1 spiro atoms. The minimum Gasteiger partial charge on any atom is -0.497 e. The average Bonchev–Trinajstić information content (AvgIpc) is 4.01. The molecular formula is C45H51N5O6Si. The Balaban J connectivity index is 1.16. The lowest BCUT2D eigenvalue weighted by molar-refractivity contribution is -0.146. The van der Waals surface area contributed by atoms with Crippen LogP contribution in [-0.2, 0) is 33.0 Å². The Morgan fingerprint density at radius 2 is 1.70 bits per heavy atom. The molecule has 1 aromatic heterocycles. The van der Waals surface area contributed by atoms with E-state index in [-0.39, 0.29) is 41.9 Å². The third kappa shape index (κ3) is 6.83.